The molecule has 0 fully saturated rings. The first-order valence-corrected chi connectivity index (χ1v) is 9.91. The van der Waals surface area contributed by atoms with E-state index in [4.69, 9.17) is 4.74 Å². The van der Waals surface area contributed by atoms with E-state index in [-0.39, 0.29) is 5.91 Å². The van der Waals surface area contributed by atoms with Crippen molar-refractivity contribution in [3.05, 3.63) is 59.3 Å². The van der Waals surface area contributed by atoms with Gasteiger partial charge in [-0.1, -0.05) is 23.8 Å². The lowest BCUT2D eigenvalue weighted by atomic mass is 9.97. The van der Waals surface area contributed by atoms with Crippen LogP contribution in [0.1, 0.15) is 48.2 Å². The van der Waals surface area contributed by atoms with E-state index in [2.05, 4.69) is 26.9 Å². The number of hydrogen-bond acceptors (Lipinski definition) is 5. The molecule has 1 amide bonds. The Balaban J connectivity index is 1.39. The van der Waals surface area contributed by atoms with Crippen LogP contribution in [0.15, 0.2) is 48.0 Å². The SMILES string of the molecule is COc1ccc(CCNc2ccc(C(=O)NCCC3=CCCCC3)nn2)cc1. The molecule has 0 aliphatic heterocycles. The summed E-state index contributed by atoms with van der Waals surface area (Å²) in [6.45, 7) is 1.38. The van der Waals surface area contributed by atoms with Crippen molar-refractivity contribution in [3.8, 4) is 5.75 Å². The van der Waals surface area contributed by atoms with Gasteiger partial charge in [-0.05, 0) is 68.4 Å². The van der Waals surface area contributed by atoms with Gasteiger partial charge in [-0.25, -0.2) is 0 Å². The Labute approximate surface area is 166 Å². The van der Waals surface area contributed by atoms with Gasteiger partial charge in [-0.2, -0.15) is 0 Å². The lowest BCUT2D eigenvalue weighted by Gasteiger charge is -2.12. The van der Waals surface area contributed by atoms with Crippen LogP contribution in [0.3, 0.4) is 0 Å². The van der Waals surface area contributed by atoms with Crippen molar-refractivity contribution in [3.63, 3.8) is 0 Å². The van der Waals surface area contributed by atoms with Crippen molar-refractivity contribution in [2.45, 2.75) is 38.5 Å². The molecule has 6 nitrogen and oxygen atoms in total. The Bertz CT molecular complexity index is 785. The summed E-state index contributed by atoms with van der Waals surface area (Å²) in [6.07, 6.45) is 8.97. The molecule has 0 saturated heterocycles. The molecule has 1 heterocycles. The van der Waals surface area contributed by atoms with Crippen LogP contribution in [0.2, 0.25) is 0 Å². The number of hydrogen-bond donors (Lipinski definition) is 2. The third kappa shape index (κ3) is 6.08. The van der Waals surface area contributed by atoms with Gasteiger partial charge in [0.1, 0.15) is 11.6 Å². The highest BCUT2D eigenvalue weighted by atomic mass is 16.5. The average molecular weight is 380 g/mol. The van der Waals surface area contributed by atoms with E-state index >= 15 is 0 Å². The third-order valence-corrected chi connectivity index (χ3v) is 4.89. The van der Waals surface area contributed by atoms with Gasteiger partial charge in [0.2, 0.25) is 0 Å². The van der Waals surface area contributed by atoms with Crippen LogP contribution in [0.5, 0.6) is 5.75 Å². The summed E-state index contributed by atoms with van der Waals surface area (Å²) in [7, 11) is 1.66. The minimum absolute atomic E-state index is 0.173. The number of nitrogens with one attached hydrogen (secondary N) is 2. The largest absolute Gasteiger partial charge is 0.497 e. The van der Waals surface area contributed by atoms with E-state index in [1.165, 1.54) is 30.4 Å². The van der Waals surface area contributed by atoms with E-state index in [1.807, 2.05) is 24.3 Å². The zero-order chi connectivity index (χ0) is 19.6. The predicted octanol–water partition coefficient (Wildman–Crippen LogP) is 3.76. The van der Waals surface area contributed by atoms with E-state index in [1.54, 1.807) is 19.2 Å². The van der Waals surface area contributed by atoms with Crippen LogP contribution in [0, 0.1) is 0 Å². The number of nitrogens with zero attached hydrogens (tertiary/aromatic N) is 2. The van der Waals surface area contributed by atoms with Crippen molar-refractivity contribution in [1.82, 2.24) is 15.5 Å². The molecule has 0 spiro atoms. The third-order valence-electron chi connectivity index (χ3n) is 4.89. The highest BCUT2D eigenvalue weighted by Crippen LogP contribution is 2.19. The number of carbonyl (C=O) groups is 1. The average Bonchev–Trinajstić information content (AvgIpc) is 2.75. The van der Waals surface area contributed by atoms with Gasteiger partial charge < -0.3 is 15.4 Å². The number of rotatable bonds is 9. The molecule has 28 heavy (non-hydrogen) atoms. The number of aromatic nitrogens is 2. The van der Waals surface area contributed by atoms with E-state index in [0.717, 1.165) is 31.6 Å². The molecule has 0 unspecified atom stereocenters. The number of benzene rings is 1. The zero-order valence-corrected chi connectivity index (χ0v) is 16.4. The number of ether oxygens (including phenoxy) is 1. The Morgan fingerprint density at radius 3 is 2.57 bits per heavy atom. The van der Waals surface area contributed by atoms with Crippen molar-refractivity contribution in [2.24, 2.45) is 0 Å². The van der Waals surface area contributed by atoms with E-state index in [9.17, 15) is 4.79 Å². The summed E-state index contributed by atoms with van der Waals surface area (Å²) in [6, 6.07) is 11.5. The molecule has 1 aromatic heterocycles. The van der Waals surface area contributed by atoms with Gasteiger partial charge >= 0.3 is 0 Å². The quantitative estimate of drug-likeness (QED) is 0.648. The van der Waals surface area contributed by atoms with Crippen molar-refractivity contribution in [2.75, 3.05) is 25.5 Å². The number of anilines is 1. The Morgan fingerprint density at radius 1 is 1.04 bits per heavy atom. The normalized spacial score (nSPS) is 13.5. The first-order chi connectivity index (χ1) is 13.7. The molecule has 148 valence electrons. The van der Waals surface area contributed by atoms with Crippen LogP contribution in [-0.2, 0) is 6.42 Å². The summed E-state index contributed by atoms with van der Waals surface area (Å²) in [5, 5.41) is 14.3. The minimum Gasteiger partial charge on any atom is -0.497 e. The highest BCUT2D eigenvalue weighted by molar-refractivity contribution is 5.92. The standard InChI is InChI=1S/C22H28N4O2/c1-28-19-9-7-18(8-10-19)13-15-23-21-12-11-20(25-26-21)22(27)24-16-14-17-5-3-2-4-6-17/h5,7-12H,2-4,6,13-16H2,1H3,(H,23,26)(H,24,27). The maximum absolute atomic E-state index is 12.2. The Hall–Kier alpha value is -2.89. The number of amides is 1. The van der Waals surface area contributed by atoms with E-state index in [0.29, 0.717) is 18.1 Å². The molecule has 1 aromatic carbocycles. The molecular weight excluding hydrogens is 352 g/mol. The van der Waals surface area contributed by atoms with Gasteiger partial charge in [0, 0.05) is 13.1 Å². The van der Waals surface area contributed by atoms with Gasteiger partial charge in [0.05, 0.1) is 7.11 Å². The second-order valence-electron chi connectivity index (χ2n) is 6.94. The zero-order valence-electron chi connectivity index (χ0n) is 16.4. The van der Waals surface area contributed by atoms with Crippen LogP contribution < -0.4 is 15.4 Å². The van der Waals surface area contributed by atoms with Crippen LogP contribution in [0.25, 0.3) is 0 Å². The number of allylic oxidation sites excluding steroid dienone is 1. The maximum atomic E-state index is 12.2. The van der Waals surface area contributed by atoms with Crippen LogP contribution in [-0.4, -0.2) is 36.3 Å². The monoisotopic (exact) mass is 380 g/mol. The predicted molar refractivity (Wildman–Crippen MR) is 111 cm³/mol. The van der Waals surface area contributed by atoms with Gasteiger partial charge in [0.15, 0.2) is 5.69 Å². The smallest absolute Gasteiger partial charge is 0.271 e. The molecule has 1 aliphatic rings. The molecule has 2 N–H and O–H groups in total. The fraction of sp³-hybridized carbons (Fsp3) is 0.409. The second kappa shape index (κ2) is 10.4. The molecule has 0 radical (unpaired) electrons. The number of carbonyl (C=O) groups excluding carboxylic acids is 1. The molecule has 0 bridgehead atoms. The summed E-state index contributed by atoms with van der Waals surface area (Å²) in [5.41, 5.74) is 3.01. The topological polar surface area (TPSA) is 76.1 Å². The summed E-state index contributed by atoms with van der Waals surface area (Å²) >= 11 is 0. The maximum Gasteiger partial charge on any atom is 0.271 e. The molecule has 0 atom stereocenters. The first kappa shape index (κ1) is 19.9. The van der Waals surface area contributed by atoms with Crippen LogP contribution >= 0.6 is 0 Å². The van der Waals surface area contributed by atoms with Crippen LogP contribution in [0.4, 0.5) is 5.82 Å². The van der Waals surface area contributed by atoms with Gasteiger partial charge in [0.25, 0.3) is 5.91 Å². The summed E-state index contributed by atoms with van der Waals surface area (Å²) in [5.74, 6) is 1.35. The minimum atomic E-state index is -0.173. The first-order valence-electron chi connectivity index (χ1n) is 9.91. The fourth-order valence-electron chi connectivity index (χ4n) is 3.23. The molecule has 3 rings (SSSR count). The lowest BCUT2D eigenvalue weighted by molar-refractivity contribution is 0.0948. The molecule has 2 aromatic rings. The molecule has 6 heteroatoms. The Morgan fingerprint density at radius 2 is 1.89 bits per heavy atom. The van der Waals surface area contributed by atoms with Gasteiger partial charge in [-0.15, -0.1) is 10.2 Å². The lowest BCUT2D eigenvalue weighted by Crippen LogP contribution is -2.26. The highest BCUT2D eigenvalue weighted by Gasteiger charge is 2.09. The molecule has 1 aliphatic carbocycles. The Kier molecular flexibility index (Phi) is 7.41. The summed E-state index contributed by atoms with van der Waals surface area (Å²) in [4.78, 5) is 12.2. The van der Waals surface area contributed by atoms with Crippen molar-refractivity contribution >= 4 is 11.7 Å². The molecular formula is C22H28N4O2. The van der Waals surface area contributed by atoms with Gasteiger partial charge in [-0.3, -0.25) is 4.79 Å². The number of methoxy groups -OCH3 is 1. The molecule has 0 saturated carbocycles. The summed E-state index contributed by atoms with van der Waals surface area (Å²) < 4.78 is 5.16. The van der Waals surface area contributed by atoms with E-state index < -0.39 is 0 Å². The van der Waals surface area contributed by atoms with Crippen molar-refractivity contribution < 1.29 is 9.53 Å². The fourth-order valence-corrected chi connectivity index (χ4v) is 3.23. The van der Waals surface area contributed by atoms with Crippen molar-refractivity contribution in [1.29, 1.82) is 0 Å². The second-order valence-corrected chi connectivity index (χ2v) is 6.94.